The average Bonchev–Trinajstić information content (AvgIpc) is 2.59. The van der Waals surface area contributed by atoms with Crippen LogP contribution in [0.3, 0.4) is 0 Å². The lowest BCUT2D eigenvalue weighted by Crippen LogP contribution is -2.28. The molecule has 2 N–H and O–H groups in total. The summed E-state index contributed by atoms with van der Waals surface area (Å²) >= 11 is 0. The van der Waals surface area contributed by atoms with Crippen LogP contribution in [0.1, 0.15) is 48.4 Å². The van der Waals surface area contributed by atoms with Crippen molar-refractivity contribution in [2.24, 2.45) is 5.92 Å². The molecule has 140 valence electrons. The van der Waals surface area contributed by atoms with E-state index in [1.165, 1.54) is 24.4 Å². The fourth-order valence-electron chi connectivity index (χ4n) is 2.20. The SMILES string of the molecule is CC(C)CNc1nccc(C(=O)N[C@H](C)c2cccc(C(F)(F)F)c2)n1. The Labute approximate surface area is 150 Å². The Hall–Kier alpha value is -2.64. The Morgan fingerprint density at radius 2 is 1.92 bits per heavy atom. The van der Waals surface area contributed by atoms with Gasteiger partial charge in [0.1, 0.15) is 5.69 Å². The highest BCUT2D eigenvalue weighted by Gasteiger charge is 2.30. The van der Waals surface area contributed by atoms with Gasteiger partial charge in [-0.3, -0.25) is 4.79 Å². The molecule has 0 aliphatic carbocycles. The van der Waals surface area contributed by atoms with E-state index in [2.05, 4.69) is 20.6 Å². The Morgan fingerprint density at radius 1 is 1.19 bits per heavy atom. The molecule has 1 amide bonds. The molecule has 2 rings (SSSR count). The number of alkyl halides is 3. The summed E-state index contributed by atoms with van der Waals surface area (Å²) in [5.74, 6) is 0.236. The Balaban J connectivity index is 2.09. The van der Waals surface area contributed by atoms with Gasteiger partial charge in [0, 0.05) is 12.7 Å². The summed E-state index contributed by atoms with van der Waals surface area (Å²) in [6.45, 7) is 6.33. The van der Waals surface area contributed by atoms with E-state index in [0.29, 0.717) is 24.0 Å². The Bertz CT molecular complexity index is 762. The van der Waals surface area contributed by atoms with Crippen LogP contribution in [0.15, 0.2) is 36.5 Å². The first-order valence-corrected chi connectivity index (χ1v) is 8.21. The summed E-state index contributed by atoms with van der Waals surface area (Å²) in [4.78, 5) is 20.5. The van der Waals surface area contributed by atoms with Crippen LogP contribution < -0.4 is 10.6 Å². The molecule has 0 unspecified atom stereocenters. The number of hydrogen-bond acceptors (Lipinski definition) is 4. The Morgan fingerprint density at radius 3 is 2.58 bits per heavy atom. The molecule has 2 aromatic rings. The number of anilines is 1. The van der Waals surface area contributed by atoms with E-state index in [9.17, 15) is 18.0 Å². The number of carbonyl (C=O) groups excluding carboxylic acids is 1. The van der Waals surface area contributed by atoms with Crippen molar-refractivity contribution in [1.82, 2.24) is 15.3 Å². The monoisotopic (exact) mass is 366 g/mol. The molecule has 0 aliphatic rings. The second-order valence-corrected chi connectivity index (χ2v) is 6.36. The number of amides is 1. The smallest absolute Gasteiger partial charge is 0.354 e. The molecular weight excluding hydrogens is 345 g/mol. The van der Waals surface area contributed by atoms with Gasteiger partial charge in [0.15, 0.2) is 0 Å². The van der Waals surface area contributed by atoms with Gasteiger partial charge in [-0.15, -0.1) is 0 Å². The van der Waals surface area contributed by atoms with Gasteiger partial charge in [0.05, 0.1) is 11.6 Å². The first-order chi connectivity index (χ1) is 12.2. The number of hydrogen-bond donors (Lipinski definition) is 2. The summed E-state index contributed by atoms with van der Waals surface area (Å²) in [6.07, 6.45) is -2.97. The minimum absolute atomic E-state index is 0.144. The number of rotatable bonds is 6. The standard InChI is InChI=1S/C18H21F3N4O/c1-11(2)10-23-17-22-8-7-15(25-17)16(26)24-12(3)13-5-4-6-14(9-13)18(19,20)21/h4-9,11-12H,10H2,1-3H3,(H,24,26)(H,22,23,25)/t12-/m1/s1. The molecule has 0 saturated heterocycles. The number of carbonyl (C=O) groups is 1. The predicted molar refractivity (Wildman–Crippen MR) is 92.7 cm³/mol. The van der Waals surface area contributed by atoms with Crippen molar-refractivity contribution in [2.45, 2.75) is 33.0 Å². The minimum atomic E-state index is -4.43. The third kappa shape index (κ3) is 5.44. The lowest BCUT2D eigenvalue weighted by atomic mass is 10.0. The lowest BCUT2D eigenvalue weighted by Gasteiger charge is -2.16. The predicted octanol–water partition coefficient (Wildman–Crippen LogP) is 4.05. The van der Waals surface area contributed by atoms with Gasteiger partial charge in [-0.25, -0.2) is 9.97 Å². The molecule has 0 bridgehead atoms. The zero-order valence-corrected chi connectivity index (χ0v) is 14.8. The van der Waals surface area contributed by atoms with Gasteiger partial charge in [0.2, 0.25) is 5.95 Å². The van der Waals surface area contributed by atoms with Crippen molar-refractivity contribution in [3.63, 3.8) is 0 Å². The fourth-order valence-corrected chi connectivity index (χ4v) is 2.20. The maximum absolute atomic E-state index is 12.8. The lowest BCUT2D eigenvalue weighted by molar-refractivity contribution is -0.137. The molecular formula is C18H21F3N4O. The van der Waals surface area contributed by atoms with Crippen LogP contribution in [0.25, 0.3) is 0 Å². The third-order valence-electron chi connectivity index (χ3n) is 3.62. The van der Waals surface area contributed by atoms with Gasteiger partial charge < -0.3 is 10.6 Å². The highest BCUT2D eigenvalue weighted by Crippen LogP contribution is 2.30. The first kappa shape index (κ1) is 19.7. The molecule has 0 spiro atoms. The second-order valence-electron chi connectivity index (χ2n) is 6.36. The summed E-state index contributed by atoms with van der Waals surface area (Å²) in [5.41, 5.74) is -0.247. The van der Waals surface area contributed by atoms with Crippen molar-refractivity contribution >= 4 is 11.9 Å². The van der Waals surface area contributed by atoms with Crippen LogP contribution in [0.4, 0.5) is 19.1 Å². The van der Waals surface area contributed by atoms with Crippen LogP contribution in [0.5, 0.6) is 0 Å². The largest absolute Gasteiger partial charge is 0.416 e. The van der Waals surface area contributed by atoms with Gasteiger partial charge in [-0.2, -0.15) is 13.2 Å². The molecule has 1 aromatic carbocycles. The molecule has 1 heterocycles. The van der Waals surface area contributed by atoms with Crippen molar-refractivity contribution < 1.29 is 18.0 Å². The van der Waals surface area contributed by atoms with Crippen LogP contribution in [-0.2, 0) is 6.18 Å². The van der Waals surface area contributed by atoms with Crippen LogP contribution in [0, 0.1) is 5.92 Å². The molecule has 1 atom stereocenters. The number of aromatic nitrogens is 2. The number of nitrogens with zero attached hydrogens (tertiary/aromatic N) is 2. The van der Waals surface area contributed by atoms with E-state index < -0.39 is 23.7 Å². The van der Waals surface area contributed by atoms with Gasteiger partial charge in [-0.05, 0) is 36.6 Å². The highest BCUT2D eigenvalue weighted by atomic mass is 19.4. The van der Waals surface area contributed by atoms with E-state index in [1.54, 1.807) is 6.92 Å². The first-order valence-electron chi connectivity index (χ1n) is 8.21. The topological polar surface area (TPSA) is 66.9 Å². The molecule has 1 aromatic heterocycles. The Kier molecular flexibility index (Phi) is 6.18. The molecule has 0 radical (unpaired) electrons. The van der Waals surface area contributed by atoms with E-state index in [1.807, 2.05) is 13.8 Å². The summed E-state index contributed by atoms with van der Waals surface area (Å²) < 4.78 is 38.5. The van der Waals surface area contributed by atoms with Gasteiger partial charge in [0.25, 0.3) is 5.91 Å². The molecule has 0 saturated carbocycles. The fraction of sp³-hybridized carbons (Fsp3) is 0.389. The normalized spacial score (nSPS) is 12.7. The summed E-state index contributed by atoms with van der Waals surface area (Å²) in [5, 5.41) is 5.68. The number of nitrogens with one attached hydrogen (secondary N) is 2. The van der Waals surface area contributed by atoms with Crippen LogP contribution in [-0.4, -0.2) is 22.4 Å². The van der Waals surface area contributed by atoms with E-state index in [0.717, 1.165) is 12.1 Å². The third-order valence-corrected chi connectivity index (χ3v) is 3.62. The number of benzene rings is 1. The van der Waals surface area contributed by atoms with Crippen molar-refractivity contribution in [3.8, 4) is 0 Å². The van der Waals surface area contributed by atoms with Crippen LogP contribution in [0.2, 0.25) is 0 Å². The maximum Gasteiger partial charge on any atom is 0.416 e. The zero-order chi connectivity index (χ0) is 19.3. The molecule has 0 fully saturated rings. The summed E-state index contributed by atoms with van der Waals surface area (Å²) in [6, 6.07) is 5.73. The van der Waals surface area contributed by atoms with E-state index >= 15 is 0 Å². The summed E-state index contributed by atoms with van der Waals surface area (Å²) in [7, 11) is 0. The quantitative estimate of drug-likeness (QED) is 0.809. The molecule has 5 nitrogen and oxygen atoms in total. The minimum Gasteiger partial charge on any atom is -0.354 e. The van der Waals surface area contributed by atoms with E-state index in [-0.39, 0.29) is 5.69 Å². The molecule has 26 heavy (non-hydrogen) atoms. The molecule has 8 heteroatoms. The van der Waals surface area contributed by atoms with Crippen molar-refractivity contribution in [3.05, 3.63) is 53.3 Å². The van der Waals surface area contributed by atoms with Crippen LogP contribution >= 0.6 is 0 Å². The zero-order valence-electron chi connectivity index (χ0n) is 14.8. The number of halogens is 3. The second kappa shape index (κ2) is 8.16. The van der Waals surface area contributed by atoms with Crippen molar-refractivity contribution in [2.75, 3.05) is 11.9 Å². The maximum atomic E-state index is 12.8. The van der Waals surface area contributed by atoms with Gasteiger partial charge >= 0.3 is 6.18 Å². The highest BCUT2D eigenvalue weighted by molar-refractivity contribution is 5.92. The molecule has 0 aliphatic heterocycles. The van der Waals surface area contributed by atoms with Gasteiger partial charge in [-0.1, -0.05) is 26.0 Å². The average molecular weight is 366 g/mol. The van der Waals surface area contributed by atoms with E-state index in [4.69, 9.17) is 0 Å². The van der Waals surface area contributed by atoms with Crippen molar-refractivity contribution in [1.29, 1.82) is 0 Å².